The van der Waals surface area contributed by atoms with Crippen molar-refractivity contribution in [2.24, 2.45) is 0 Å². The monoisotopic (exact) mass is 397 g/mol. The Bertz CT molecular complexity index is 1040. The van der Waals surface area contributed by atoms with E-state index in [-0.39, 0.29) is 16.9 Å². The second-order valence-corrected chi connectivity index (χ2v) is 5.92. The van der Waals surface area contributed by atoms with Gasteiger partial charge in [-0.1, -0.05) is 0 Å². The van der Waals surface area contributed by atoms with Crippen molar-refractivity contribution in [3.63, 3.8) is 0 Å². The summed E-state index contributed by atoms with van der Waals surface area (Å²) in [5.41, 5.74) is 0.793. The molecular weight excluding hydrogens is 380 g/mol. The fourth-order valence-corrected chi connectivity index (χ4v) is 2.47. The minimum atomic E-state index is -1.08. The van der Waals surface area contributed by atoms with E-state index in [9.17, 15) is 18.4 Å². The number of benzene rings is 2. The van der Waals surface area contributed by atoms with Crippen molar-refractivity contribution in [1.29, 1.82) is 0 Å². The topological polar surface area (TPSA) is 80.3 Å². The van der Waals surface area contributed by atoms with Gasteiger partial charge in [0.1, 0.15) is 11.4 Å². The van der Waals surface area contributed by atoms with Crippen LogP contribution in [0.2, 0.25) is 0 Å². The molecule has 8 heteroatoms. The summed E-state index contributed by atoms with van der Waals surface area (Å²) in [6.45, 7) is 2.41. The molecule has 3 aromatic rings. The number of ether oxygens (including phenoxy) is 1. The van der Waals surface area contributed by atoms with E-state index in [2.05, 4.69) is 15.6 Å². The Balaban J connectivity index is 1.69. The maximum absolute atomic E-state index is 13.3. The van der Waals surface area contributed by atoms with E-state index in [1.54, 1.807) is 24.3 Å². The third-order valence-corrected chi connectivity index (χ3v) is 3.86. The van der Waals surface area contributed by atoms with Crippen molar-refractivity contribution in [2.75, 3.05) is 17.2 Å². The molecule has 0 atom stereocenters. The van der Waals surface area contributed by atoms with Gasteiger partial charge in [0.05, 0.1) is 6.61 Å². The minimum Gasteiger partial charge on any atom is -0.494 e. The largest absolute Gasteiger partial charge is 0.494 e. The number of carbonyl (C=O) groups excluding carboxylic acids is 2. The van der Waals surface area contributed by atoms with E-state index < -0.39 is 23.4 Å². The molecule has 29 heavy (non-hydrogen) atoms. The Morgan fingerprint density at radius 1 is 0.897 bits per heavy atom. The molecule has 2 N–H and O–H groups in total. The second-order valence-electron chi connectivity index (χ2n) is 5.92. The van der Waals surface area contributed by atoms with Gasteiger partial charge >= 0.3 is 0 Å². The average molecular weight is 397 g/mol. The average Bonchev–Trinajstić information content (AvgIpc) is 2.72. The number of carbonyl (C=O) groups is 2. The summed E-state index contributed by atoms with van der Waals surface area (Å²) >= 11 is 0. The Morgan fingerprint density at radius 2 is 1.59 bits per heavy atom. The standard InChI is InChI=1S/C21H17F2N3O3/c1-2-29-16-6-3-14(4-7-16)25-21(28)19-11-13(9-10-24-19)20(27)26-15-5-8-17(22)18(23)12-15/h3-12H,2H2,1H3,(H,25,28)(H,26,27). The molecule has 148 valence electrons. The highest BCUT2D eigenvalue weighted by molar-refractivity contribution is 6.07. The quantitative estimate of drug-likeness (QED) is 0.651. The van der Waals surface area contributed by atoms with Crippen molar-refractivity contribution in [3.05, 3.63) is 83.7 Å². The summed E-state index contributed by atoms with van der Waals surface area (Å²) < 4.78 is 31.6. The van der Waals surface area contributed by atoms with E-state index in [1.807, 2.05) is 6.92 Å². The van der Waals surface area contributed by atoms with E-state index in [0.717, 1.165) is 12.1 Å². The number of hydrogen-bond donors (Lipinski definition) is 2. The number of halogens is 2. The lowest BCUT2D eigenvalue weighted by Crippen LogP contribution is -2.17. The molecule has 0 fully saturated rings. The number of anilines is 2. The van der Waals surface area contributed by atoms with Crippen molar-refractivity contribution < 1.29 is 23.1 Å². The number of aromatic nitrogens is 1. The van der Waals surface area contributed by atoms with Gasteiger partial charge in [-0.05, 0) is 55.5 Å². The van der Waals surface area contributed by atoms with Gasteiger partial charge in [0.25, 0.3) is 11.8 Å². The van der Waals surface area contributed by atoms with Crippen LogP contribution in [0.3, 0.4) is 0 Å². The molecule has 1 heterocycles. The van der Waals surface area contributed by atoms with Gasteiger partial charge < -0.3 is 15.4 Å². The Hall–Kier alpha value is -3.81. The molecule has 0 saturated heterocycles. The summed E-state index contributed by atoms with van der Waals surface area (Å²) in [7, 11) is 0. The zero-order chi connectivity index (χ0) is 20.8. The normalized spacial score (nSPS) is 10.3. The number of rotatable bonds is 6. The van der Waals surface area contributed by atoms with Crippen molar-refractivity contribution >= 4 is 23.2 Å². The number of nitrogens with zero attached hydrogens (tertiary/aromatic N) is 1. The van der Waals surface area contributed by atoms with Crippen molar-refractivity contribution in [3.8, 4) is 5.75 Å². The van der Waals surface area contributed by atoms with Crippen LogP contribution in [0, 0.1) is 11.6 Å². The maximum Gasteiger partial charge on any atom is 0.274 e. The lowest BCUT2D eigenvalue weighted by Gasteiger charge is -2.08. The first-order chi connectivity index (χ1) is 14.0. The van der Waals surface area contributed by atoms with Gasteiger partial charge in [-0.3, -0.25) is 14.6 Å². The van der Waals surface area contributed by atoms with Crippen LogP contribution in [0.5, 0.6) is 5.75 Å². The van der Waals surface area contributed by atoms with Crippen LogP contribution in [-0.4, -0.2) is 23.4 Å². The lowest BCUT2D eigenvalue weighted by atomic mass is 10.2. The number of pyridine rings is 1. The Labute approximate surface area is 165 Å². The minimum absolute atomic E-state index is 0.0248. The van der Waals surface area contributed by atoms with Crippen LogP contribution < -0.4 is 15.4 Å². The van der Waals surface area contributed by atoms with Gasteiger partial charge in [0.2, 0.25) is 0 Å². The predicted molar refractivity (Wildman–Crippen MR) is 104 cm³/mol. The summed E-state index contributed by atoms with van der Waals surface area (Å²) in [4.78, 5) is 28.7. The van der Waals surface area contributed by atoms with E-state index in [4.69, 9.17) is 4.74 Å². The summed E-state index contributed by atoms with van der Waals surface area (Å²) in [6, 6.07) is 12.5. The number of hydrogen-bond acceptors (Lipinski definition) is 4. The van der Waals surface area contributed by atoms with Gasteiger partial charge in [0.15, 0.2) is 11.6 Å². The molecule has 0 aliphatic rings. The van der Waals surface area contributed by atoms with Gasteiger partial charge in [-0.25, -0.2) is 8.78 Å². The lowest BCUT2D eigenvalue weighted by molar-refractivity contribution is 0.102. The molecule has 0 unspecified atom stereocenters. The third-order valence-electron chi connectivity index (χ3n) is 3.86. The second kappa shape index (κ2) is 8.92. The van der Waals surface area contributed by atoms with Crippen LogP contribution in [0.25, 0.3) is 0 Å². The zero-order valence-electron chi connectivity index (χ0n) is 15.4. The molecule has 0 saturated carbocycles. The number of nitrogens with one attached hydrogen (secondary N) is 2. The van der Waals surface area contributed by atoms with Crippen LogP contribution in [0.4, 0.5) is 20.2 Å². The predicted octanol–water partition coefficient (Wildman–Crippen LogP) is 4.26. The summed E-state index contributed by atoms with van der Waals surface area (Å²) in [5.74, 6) is -2.50. The van der Waals surface area contributed by atoms with Crippen LogP contribution >= 0.6 is 0 Å². The Kier molecular flexibility index (Phi) is 6.13. The highest BCUT2D eigenvalue weighted by Gasteiger charge is 2.13. The highest BCUT2D eigenvalue weighted by Crippen LogP contribution is 2.17. The van der Waals surface area contributed by atoms with E-state index >= 15 is 0 Å². The molecule has 1 aromatic heterocycles. The van der Waals surface area contributed by atoms with Crippen LogP contribution in [0.15, 0.2) is 60.8 Å². The van der Waals surface area contributed by atoms with Gasteiger partial charge in [-0.15, -0.1) is 0 Å². The SMILES string of the molecule is CCOc1ccc(NC(=O)c2cc(C(=O)Nc3ccc(F)c(F)c3)ccn2)cc1. The molecule has 0 bridgehead atoms. The molecule has 3 rings (SSSR count). The molecule has 2 aromatic carbocycles. The van der Waals surface area contributed by atoms with E-state index in [1.165, 1.54) is 24.4 Å². The molecule has 0 radical (unpaired) electrons. The summed E-state index contributed by atoms with van der Waals surface area (Å²) in [6.07, 6.45) is 1.31. The fraction of sp³-hybridized carbons (Fsp3) is 0.0952. The molecule has 2 amide bonds. The third kappa shape index (κ3) is 5.13. The van der Waals surface area contributed by atoms with Crippen LogP contribution in [-0.2, 0) is 0 Å². The number of amides is 2. The fourth-order valence-electron chi connectivity index (χ4n) is 2.47. The summed E-state index contributed by atoms with van der Waals surface area (Å²) in [5, 5.41) is 5.12. The smallest absolute Gasteiger partial charge is 0.274 e. The van der Waals surface area contributed by atoms with Crippen molar-refractivity contribution in [1.82, 2.24) is 4.98 Å². The van der Waals surface area contributed by atoms with Gasteiger partial charge in [-0.2, -0.15) is 0 Å². The molecule has 0 spiro atoms. The molecule has 0 aliphatic carbocycles. The zero-order valence-corrected chi connectivity index (χ0v) is 15.4. The van der Waals surface area contributed by atoms with Gasteiger partial charge in [0, 0.05) is 29.2 Å². The first-order valence-electron chi connectivity index (χ1n) is 8.73. The maximum atomic E-state index is 13.3. The Morgan fingerprint density at radius 3 is 2.28 bits per heavy atom. The first kappa shape index (κ1) is 19.9. The van der Waals surface area contributed by atoms with Crippen LogP contribution in [0.1, 0.15) is 27.8 Å². The highest BCUT2D eigenvalue weighted by atomic mass is 19.2. The van der Waals surface area contributed by atoms with E-state index in [0.29, 0.717) is 18.0 Å². The van der Waals surface area contributed by atoms with Crippen molar-refractivity contribution in [2.45, 2.75) is 6.92 Å². The molecular formula is C21H17F2N3O3. The molecule has 6 nitrogen and oxygen atoms in total. The molecule has 0 aliphatic heterocycles. The first-order valence-corrected chi connectivity index (χ1v) is 8.73.